The Bertz CT molecular complexity index is 806. The quantitative estimate of drug-likeness (QED) is 0.791. The van der Waals surface area contributed by atoms with Gasteiger partial charge in [0, 0.05) is 0 Å². The number of hydrogen-bond acceptors (Lipinski definition) is 4. The largest absolute Gasteiger partial charge is 0.482 e. The lowest BCUT2D eigenvalue weighted by atomic mass is 9.87. The molecule has 0 aliphatic heterocycles. The molecule has 2 atom stereocenters. The highest BCUT2D eigenvalue weighted by molar-refractivity contribution is 5.84. The summed E-state index contributed by atoms with van der Waals surface area (Å²) in [6, 6.07) is 13.3. The van der Waals surface area contributed by atoms with E-state index in [1.54, 1.807) is 0 Å². The first-order valence-electron chi connectivity index (χ1n) is 8.99. The van der Waals surface area contributed by atoms with Crippen LogP contribution in [-0.2, 0) is 20.7 Å². The molecule has 0 bridgehead atoms. The molecule has 6 heteroatoms. The molecule has 0 fully saturated rings. The number of aryl methyl sites for hydroxylation is 1. The molecule has 0 unspecified atom stereocenters. The molecule has 3 rings (SSSR count). The Morgan fingerprint density at radius 1 is 1.19 bits per heavy atom. The van der Waals surface area contributed by atoms with Crippen LogP contribution in [0.1, 0.15) is 36.9 Å². The van der Waals surface area contributed by atoms with Gasteiger partial charge in [-0.1, -0.05) is 24.3 Å². The van der Waals surface area contributed by atoms with Crippen LogP contribution in [-0.4, -0.2) is 24.6 Å². The molecule has 2 aromatic rings. The molecule has 0 saturated heterocycles. The van der Waals surface area contributed by atoms with Gasteiger partial charge in [-0.2, -0.15) is 0 Å². The van der Waals surface area contributed by atoms with E-state index in [0.29, 0.717) is 5.75 Å². The van der Waals surface area contributed by atoms with Crippen LogP contribution in [0.25, 0.3) is 0 Å². The first kappa shape index (κ1) is 18.9. The molecule has 0 spiro atoms. The van der Waals surface area contributed by atoms with Crippen molar-refractivity contribution in [3.8, 4) is 5.75 Å². The van der Waals surface area contributed by atoms with E-state index in [9.17, 15) is 14.0 Å². The van der Waals surface area contributed by atoms with E-state index in [2.05, 4.69) is 11.4 Å². The standard InChI is InChI=1S/C21H22FNO4/c1-14(27-20(24)13-26-17-11-9-16(22)10-12-17)21(25)23-19-8-4-6-15-5-2-3-7-18(15)19/h2-3,5,7,9-12,14,19H,4,6,8,13H2,1H3,(H,23,25)/t14-,19+/m0/s1. The fraction of sp³-hybridized carbons (Fsp3) is 0.333. The van der Waals surface area contributed by atoms with Crippen molar-refractivity contribution >= 4 is 11.9 Å². The molecule has 1 amide bonds. The van der Waals surface area contributed by atoms with Gasteiger partial charge in [-0.15, -0.1) is 0 Å². The second-order valence-corrected chi connectivity index (χ2v) is 6.53. The molecule has 0 saturated carbocycles. The van der Waals surface area contributed by atoms with Crippen LogP contribution in [0.15, 0.2) is 48.5 Å². The normalized spacial score (nSPS) is 16.7. The topological polar surface area (TPSA) is 64.6 Å². The maximum Gasteiger partial charge on any atom is 0.344 e. The van der Waals surface area contributed by atoms with Crippen molar-refractivity contribution in [1.29, 1.82) is 0 Å². The van der Waals surface area contributed by atoms with E-state index in [1.807, 2.05) is 18.2 Å². The van der Waals surface area contributed by atoms with Crippen molar-refractivity contribution in [1.82, 2.24) is 5.32 Å². The second kappa shape index (κ2) is 8.66. The van der Waals surface area contributed by atoms with Gasteiger partial charge in [0.15, 0.2) is 12.7 Å². The number of esters is 1. The molecule has 27 heavy (non-hydrogen) atoms. The van der Waals surface area contributed by atoms with Crippen molar-refractivity contribution < 1.29 is 23.5 Å². The number of rotatable bonds is 6. The maximum atomic E-state index is 12.8. The smallest absolute Gasteiger partial charge is 0.344 e. The van der Waals surface area contributed by atoms with E-state index in [0.717, 1.165) is 24.8 Å². The summed E-state index contributed by atoms with van der Waals surface area (Å²) in [5.74, 6) is -1.04. The fourth-order valence-corrected chi connectivity index (χ4v) is 3.15. The summed E-state index contributed by atoms with van der Waals surface area (Å²) in [5.41, 5.74) is 2.36. The SMILES string of the molecule is C[C@H](OC(=O)COc1ccc(F)cc1)C(=O)N[C@@H]1CCCc2ccccc21. The van der Waals surface area contributed by atoms with Gasteiger partial charge in [0.05, 0.1) is 6.04 Å². The zero-order valence-electron chi connectivity index (χ0n) is 15.1. The third kappa shape index (κ3) is 5.06. The van der Waals surface area contributed by atoms with Crippen LogP contribution >= 0.6 is 0 Å². The van der Waals surface area contributed by atoms with Gasteiger partial charge in [0.1, 0.15) is 11.6 Å². The average molecular weight is 371 g/mol. The van der Waals surface area contributed by atoms with Crippen molar-refractivity contribution in [3.63, 3.8) is 0 Å². The van der Waals surface area contributed by atoms with E-state index in [4.69, 9.17) is 9.47 Å². The van der Waals surface area contributed by atoms with Gasteiger partial charge >= 0.3 is 5.97 Å². The van der Waals surface area contributed by atoms with Gasteiger partial charge < -0.3 is 14.8 Å². The second-order valence-electron chi connectivity index (χ2n) is 6.53. The molecule has 142 valence electrons. The van der Waals surface area contributed by atoms with Crippen LogP contribution < -0.4 is 10.1 Å². The third-order valence-electron chi connectivity index (χ3n) is 4.53. The van der Waals surface area contributed by atoms with Crippen molar-refractivity contribution in [2.24, 2.45) is 0 Å². The highest BCUT2D eigenvalue weighted by Gasteiger charge is 2.25. The number of nitrogens with one attached hydrogen (secondary N) is 1. The summed E-state index contributed by atoms with van der Waals surface area (Å²) >= 11 is 0. The molecule has 5 nitrogen and oxygen atoms in total. The summed E-state index contributed by atoms with van der Waals surface area (Å²) in [6.45, 7) is 1.18. The van der Waals surface area contributed by atoms with E-state index >= 15 is 0 Å². The lowest BCUT2D eigenvalue weighted by molar-refractivity contribution is -0.156. The highest BCUT2D eigenvalue weighted by Crippen LogP contribution is 2.29. The Morgan fingerprint density at radius 2 is 1.93 bits per heavy atom. The number of fused-ring (bicyclic) bond motifs is 1. The van der Waals surface area contributed by atoms with Gasteiger partial charge in [-0.3, -0.25) is 4.79 Å². The van der Waals surface area contributed by atoms with Crippen LogP contribution in [0.3, 0.4) is 0 Å². The third-order valence-corrected chi connectivity index (χ3v) is 4.53. The van der Waals surface area contributed by atoms with Crippen molar-refractivity contribution in [2.45, 2.75) is 38.3 Å². The lowest BCUT2D eigenvalue weighted by Crippen LogP contribution is -2.39. The molecular weight excluding hydrogens is 349 g/mol. The van der Waals surface area contributed by atoms with E-state index < -0.39 is 12.1 Å². The van der Waals surface area contributed by atoms with Gasteiger partial charge in [-0.05, 0) is 61.6 Å². The lowest BCUT2D eigenvalue weighted by Gasteiger charge is -2.27. The average Bonchev–Trinajstić information content (AvgIpc) is 2.68. The van der Waals surface area contributed by atoms with E-state index in [1.165, 1.54) is 36.8 Å². The molecule has 0 radical (unpaired) electrons. The molecular formula is C21H22FNO4. The zero-order chi connectivity index (χ0) is 19.2. The number of halogens is 1. The highest BCUT2D eigenvalue weighted by atomic mass is 19.1. The number of benzene rings is 2. The number of carbonyl (C=O) groups is 2. The van der Waals surface area contributed by atoms with Crippen molar-refractivity contribution in [2.75, 3.05) is 6.61 Å². The predicted octanol–water partition coefficient (Wildman–Crippen LogP) is 3.33. The molecule has 1 aliphatic rings. The van der Waals surface area contributed by atoms with Crippen LogP contribution in [0.5, 0.6) is 5.75 Å². The van der Waals surface area contributed by atoms with Gasteiger partial charge in [0.2, 0.25) is 0 Å². The summed E-state index contributed by atoms with van der Waals surface area (Å²) in [5, 5.41) is 2.96. The Kier molecular flexibility index (Phi) is 6.06. The number of amides is 1. The minimum atomic E-state index is -0.927. The van der Waals surface area contributed by atoms with Gasteiger partial charge in [0.25, 0.3) is 5.91 Å². The Balaban J connectivity index is 1.49. The first-order valence-corrected chi connectivity index (χ1v) is 8.99. The molecule has 1 N–H and O–H groups in total. The molecule has 1 aliphatic carbocycles. The van der Waals surface area contributed by atoms with Crippen LogP contribution in [0.2, 0.25) is 0 Å². The summed E-state index contributed by atoms with van der Waals surface area (Å²) in [7, 11) is 0. The number of carbonyl (C=O) groups excluding carboxylic acids is 2. The molecule has 0 heterocycles. The summed E-state index contributed by atoms with van der Waals surface area (Å²) < 4.78 is 23.2. The fourth-order valence-electron chi connectivity index (χ4n) is 3.15. The minimum Gasteiger partial charge on any atom is -0.482 e. The predicted molar refractivity (Wildman–Crippen MR) is 97.7 cm³/mol. The van der Waals surface area contributed by atoms with Crippen LogP contribution in [0.4, 0.5) is 4.39 Å². The molecule has 2 aromatic carbocycles. The zero-order valence-corrected chi connectivity index (χ0v) is 15.1. The first-order chi connectivity index (χ1) is 13.0. The monoisotopic (exact) mass is 371 g/mol. The maximum absolute atomic E-state index is 12.8. The van der Waals surface area contributed by atoms with Crippen molar-refractivity contribution in [3.05, 3.63) is 65.5 Å². The van der Waals surface area contributed by atoms with Crippen LogP contribution in [0, 0.1) is 5.82 Å². The van der Waals surface area contributed by atoms with Gasteiger partial charge in [-0.25, -0.2) is 9.18 Å². The number of ether oxygens (including phenoxy) is 2. The summed E-state index contributed by atoms with van der Waals surface area (Å²) in [4.78, 5) is 24.3. The molecule has 0 aromatic heterocycles. The Labute approximate surface area is 157 Å². The number of hydrogen-bond donors (Lipinski definition) is 1. The summed E-state index contributed by atoms with van der Waals surface area (Å²) in [6.07, 6.45) is 1.94. The minimum absolute atomic E-state index is 0.0703. The van der Waals surface area contributed by atoms with E-state index in [-0.39, 0.29) is 24.4 Å². The Hall–Kier alpha value is -2.89. The Morgan fingerprint density at radius 3 is 2.70 bits per heavy atom.